The molecule has 1 fully saturated rings. The molecule has 1 aliphatic rings. The lowest BCUT2D eigenvalue weighted by atomic mass is 9.91. The minimum absolute atomic E-state index is 0.723. The van der Waals surface area contributed by atoms with Crippen LogP contribution in [0.1, 0.15) is 46.5 Å². The van der Waals surface area contributed by atoms with Gasteiger partial charge in [-0.1, -0.05) is 6.92 Å². The zero-order chi connectivity index (χ0) is 10.6. The van der Waals surface area contributed by atoms with Gasteiger partial charge in [-0.15, -0.1) is 0 Å². The second-order valence-electron chi connectivity index (χ2n) is 5.00. The summed E-state index contributed by atoms with van der Waals surface area (Å²) in [4.78, 5) is 2.66. The number of hydrogen-bond acceptors (Lipinski definition) is 2. The maximum Gasteiger partial charge on any atom is 0.00722 e. The number of nitrogens with two attached hydrogens (primary N) is 1. The summed E-state index contributed by atoms with van der Waals surface area (Å²) in [6.45, 7) is 9.21. The third-order valence-electron chi connectivity index (χ3n) is 3.58. The van der Waals surface area contributed by atoms with Crippen LogP contribution in [0, 0.1) is 5.92 Å². The van der Waals surface area contributed by atoms with E-state index in [4.69, 9.17) is 5.73 Å². The molecule has 2 heteroatoms. The third kappa shape index (κ3) is 3.25. The molecule has 0 amide bonds. The minimum Gasteiger partial charge on any atom is -0.330 e. The van der Waals surface area contributed by atoms with E-state index >= 15 is 0 Å². The van der Waals surface area contributed by atoms with Crippen LogP contribution in [0.5, 0.6) is 0 Å². The molecule has 2 N–H and O–H groups in total. The molecule has 3 atom stereocenters. The molecule has 1 saturated heterocycles. The maximum absolute atomic E-state index is 5.54. The van der Waals surface area contributed by atoms with E-state index in [9.17, 15) is 0 Å². The van der Waals surface area contributed by atoms with Gasteiger partial charge in [0.25, 0.3) is 0 Å². The topological polar surface area (TPSA) is 29.3 Å². The van der Waals surface area contributed by atoms with Gasteiger partial charge in [0.1, 0.15) is 0 Å². The summed E-state index contributed by atoms with van der Waals surface area (Å²) in [6, 6.07) is 1.49. The Kier molecular flexibility index (Phi) is 4.90. The van der Waals surface area contributed by atoms with E-state index < -0.39 is 0 Å². The normalized spacial score (nSPS) is 31.7. The van der Waals surface area contributed by atoms with Gasteiger partial charge in [0, 0.05) is 12.1 Å². The van der Waals surface area contributed by atoms with Crippen LogP contribution in [-0.4, -0.2) is 30.1 Å². The highest BCUT2D eigenvalue weighted by Crippen LogP contribution is 2.25. The standard InChI is InChI=1S/C12H26N2/c1-10-6-8-14(12(3)9-10)11(2)5-4-7-13/h10-12H,4-9,13H2,1-3H3. The number of rotatable bonds is 4. The van der Waals surface area contributed by atoms with E-state index in [0.29, 0.717) is 0 Å². The van der Waals surface area contributed by atoms with Crippen molar-refractivity contribution in [2.75, 3.05) is 13.1 Å². The van der Waals surface area contributed by atoms with E-state index in [2.05, 4.69) is 25.7 Å². The van der Waals surface area contributed by atoms with E-state index in [0.717, 1.165) is 24.5 Å². The molecule has 0 radical (unpaired) electrons. The zero-order valence-electron chi connectivity index (χ0n) is 10.00. The van der Waals surface area contributed by atoms with Gasteiger partial charge in [0.05, 0.1) is 0 Å². The van der Waals surface area contributed by atoms with Crippen LogP contribution in [-0.2, 0) is 0 Å². The van der Waals surface area contributed by atoms with E-state index in [1.807, 2.05) is 0 Å². The Morgan fingerprint density at radius 3 is 2.71 bits per heavy atom. The van der Waals surface area contributed by atoms with E-state index in [-0.39, 0.29) is 0 Å². The lowest BCUT2D eigenvalue weighted by molar-refractivity contribution is 0.0847. The smallest absolute Gasteiger partial charge is 0.00722 e. The second kappa shape index (κ2) is 5.72. The van der Waals surface area contributed by atoms with Crippen molar-refractivity contribution in [3.05, 3.63) is 0 Å². The zero-order valence-corrected chi connectivity index (χ0v) is 10.00. The van der Waals surface area contributed by atoms with Crippen molar-refractivity contribution in [2.24, 2.45) is 11.7 Å². The number of likely N-dealkylation sites (tertiary alicyclic amines) is 1. The summed E-state index contributed by atoms with van der Waals surface area (Å²) in [5.41, 5.74) is 5.54. The minimum atomic E-state index is 0.723. The van der Waals surface area contributed by atoms with Crippen LogP contribution in [0.4, 0.5) is 0 Å². The predicted octanol–water partition coefficient (Wildman–Crippen LogP) is 2.23. The van der Waals surface area contributed by atoms with Crippen molar-refractivity contribution >= 4 is 0 Å². The van der Waals surface area contributed by atoms with E-state index in [1.54, 1.807) is 0 Å². The van der Waals surface area contributed by atoms with Crippen molar-refractivity contribution in [3.8, 4) is 0 Å². The quantitative estimate of drug-likeness (QED) is 0.750. The first-order valence-corrected chi connectivity index (χ1v) is 6.11. The Bertz CT molecular complexity index is 158. The average molecular weight is 198 g/mol. The number of hydrogen-bond donors (Lipinski definition) is 1. The summed E-state index contributed by atoms with van der Waals surface area (Å²) >= 11 is 0. The average Bonchev–Trinajstić information content (AvgIpc) is 2.14. The van der Waals surface area contributed by atoms with Crippen LogP contribution < -0.4 is 5.73 Å². The molecule has 3 unspecified atom stereocenters. The highest BCUT2D eigenvalue weighted by Gasteiger charge is 2.25. The molecule has 0 saturated carbocycles. The summed E-state index contributed by atoms with van der Waals surface area (Å²) in [5, 5.41) is 0. The Morgan fingerprint density at radius 1 is 1.43 bits per heavy atom. The third-order valence-corrected chi connectivity index (χ3v) is 3.58. The van der Waals surface area contributed by atoms with Gasteiger partial charge < -0.3 is 5.73 Å². The SMILES string of the molecule is CC1CCN(C(C)CCCN)C(C)C1. The molecule has 0 spiro atoms. The first-order chi connectivity index (χ1) is 6.65. The van der Waals surface area contributed by atoms with Gasteiger partial charge in [0.15, 0.2) is 0 Å². The molecule has 0 bridgehead atoms. The molecule has 0 aliphatic carbocycles. The fourth-order valence-electron chi connectivity index (χ4n) is 2.66. The van der Waals surface area contributed by atoms with E-state index in [1.165, 1.54) is 32.2 Å². The van der Waals surface area contributed by atoms with Gasteiger partial charge in [-0.2, -0.15) is 0 Å². The molecule has 1 heterocycles. The Hall–Kier alpha value is -0.0800. The van der Waals surface area contributed by atoms with Gasteiger partial charge in [-0.3, -0.25) is 4.90 Å². The molecule has 14 heavy (non-hydrogen) atoms. The van der Waals surface area contributed by atoms with Gasteiger partial charge in [-0.05, 0) is 58.5 Å². The molecule has 1 aliphatic heterocycles. The summed E-state index contributed by atoms with van der Waals surface area (Å²) in [6.07, 6.45) is 5.17. The molecule has 0 aromatic rings. The van der Waals surface area contributed by atoms with Gasteiger partial charge in [-0.25, -0.2) is 0 Å². The van der Waals surface area contributed by atoms with Crippen LogP contribution in [0.2, 0.25) is 0 Å². The van der Waals surface area contributed by atoms with Crippen molar-refractivity contribution in [1.29, 1.82) is 0 Å². The monoisotopic (exact) mass is 198 g/mol. The first kappa shape index (κ1) is 12.0. The molecular formula is C12H26N2. The lowest BCUT2D eigenvalue weighted by Crippen LogP contribution is -2.45. The predicted molar refractivity (Wildman–Crippen MR) is 62.3 cm³/mol. The largest absolute Gasteiger partial charge is 0.330 e. The highest BCUT2D eigenvalue weighted by atomic mass is 15.2. The Morgan fingerprint density at radius 2 is 2.14 bits per heavy atom. The summed E-state index contributed by atoms with van der Waals surface area (Å²) in [7, 11) is 0. The molecule has 2 nitrogen and oxygen atoms in total. The number of piperidine rings is 1. The Balaban J connectivity index is 2.35. The maximum atomic E-state index is 5.54. The second-order valence-corrected chi connectivity index (χ2v) is 5.00. The fraction of sp³-hybridized carbons (Fsp3) is 1.00. The molecule has 1 rings (SSSR count). The lowest BCUT2D eigenvalue weighted by Gasteiger charge is -2.40. The van der Waals surface area contributed by atoms with Crippen LogP contribution in [0.25, 0.3) is 0 Å². The fourth-order valence-corrected chi connectivity index (χ4v) is 2.66. The van der Waals surface area contributed by atoms with Crippen molar-refractivity contribution in [3.63, 3.8) is 0 Å². The van der Waals surface area contributed by atoms with Crippen LogP contribution in [0.3, 0.4) is 0 Å². The summed E-state index contributed by atoms with van der Waals surface area (Å²) in [5.74, 6) is 0.919. The Labute approximate surface area is 88.8 Å². The first-order valence-electron chi connectivity index (χ1n) is 6.11. The van der Waals surface area contributed by atoms with Gasteiger partial charge >= 0.3 is 0 Å². The molecule has 0 aromatic carbocycles. The molecular weight excluding hydrogens is 172 g/mol. The highest BCUT2D eigenvalue weighted by molar-refractivity contribution is 4.80. The molecule has 0 aromatic heterocycles. The summed E-state index contributed by atoms with van der Waals surface area (Å²) < 4.78 is 0. The van der Waals surface area contributed by atoms with Crippen molar-refractivity contribution < 1.29 is 0 Å². The number of nitrogens with zero attached hydrogens (tertiary/aromatic N) is 1. The van der Waals surface area contributed by atoms with Crippen molar-refractivity contribution in [1.82, 2.24) is 4.90 Å². The van der Waals surface area contributed by atoms with Crippen molar-refractivity contribution in [2.45, 2.75) is 58.5 Å². The van der Waals surface area contributed by atoms with Crippen LogP contribution in [0.15, 0.2) is 0 Å². The molecule has 84 valence electrons. The van der Waals surface area contributed by atoms with Gasteiger partial charge in [0.2, 0.25) is 0 Å². The van der Waals surface area contributed by atoms with Crippen LogP contribution >= 0.6 is 0 Å².